The van der Waals surface area contributed by atoms with E-state index in [0.717, 1.165) is 17.2 Å². The van der Waals surface area contributed by atoms with Gasteiger partial charge in [0.25, 0.3) is 0 Å². The second-order valence-electron chi connectivity index (χ2n) is 3.90. The molecule has 2 aromatic rings. The molecule has 72 valence electrons. The van der Waals surface area contributed by atoms with E-state index in [0.29, 0.717) is 0 Å². The fourth-order valence-corrected chi connectivity index (χ4v) is 2.05. The van der Waals surface area contributed by atoms with E-state index in [1.807, 2.05) is 6.07 Å². The third-order valence-electron chi connectivity index (χ3n) is 2.95. The van der Waals surface area contributed by atoms with Crippen molar-refractivity contribution in [3.63, 3.8) is 0 Å². The van der Waals surface area contributed by atoms with Crippen molar-refractivity contribution in [3.8, 4) is 5.75 Å². The predicted octanol–water partition coefficient (Wildman–Crippen LogP) is 3.05. The molecule has 0 unspecified atom stereocenters. The van der Waals surface area contributed by atoms with Gasteiger partial charge in [0, 0.05) is 11.6 Å². The maximum atomic E-state index is 5.31. The van der Waals surface area contributed by atoms with Gasteiger partial charge in [0.05, 0.1) is 12.6 Å². The zero-order valence-corrected chi connectivity index (χ0v) is 8.21. The summed E-state index contributed by atoms with van der Waals surface area (Å²) >= 11 is 0. The monoisotopic (exact) mass is 187 g/mol. The molecule has 1 aromatic carbocycles. The number of rotatable bonds is 2. The average molecular weight is 187 g/mol. The van der Waals surface area contributed by atoms with Crippen molar-refractivity contribution >= 4 is 10.9 Å². The number of hydrogen-bond acceptors (Lipinski definition) is 1. The summed E-state index contributed by atoms with van der Waals surface area (Å²) in [6.45, 7) is 0. The van der Waals surface area contributed by atoms with Crippen LogP contribution in [0.4, 0.5) is 0 Å². The number of para-hydroxylation sites is 1. The fourth-order valence-electron chi connectivity index (χ4n) is 2.05. The number of H-pyrrole nitrogens is 1. The Labute approximate surface area is 82.9 Å². The molecule has 0 atom stereocenters. The molecule has 1 aliphatic carbocycles. The Hall–Kier alpha value is -1.44. The van der Waals surface area contributed by atoms with E-state index in [-0.39, 0.29) is 0 Å². The third-order valence-corrected chi connectivity index (χ3v) is 2.95. The number of aromatic nitrogens is 1. The van der Waals surface area contributed by atoms with Crippen LogP contribution in [-0.2, 0) is 0 Å². The first-order valence-corrected chi connectivity index (χ1v) is 5.04. The van der Waals surface area contributed by atoms with Crippen LogP contribution in [0.3, 0.4) is 0 Å². The van der Waals surface area contributed by atoms with Crippen LogP contribution >= 0.6 is 0 Å². The lowest BCUT2D eigenvalue weighted by Crippen LogP contribution is -1.83. The van der Waals surface area contributed by atoms with Crippen LogP contribution in [0.15, 0.2) is 24.4 Å². The van der Waals surface area contributed by atoms with Gasteiger partial charge in [0.15, 0.2) is 0 Å². The molecule has 3 rings (SSSR count). The van der Waals surface area contributed by atoms with Gasteiger partial charge in [-0.15, -0.1) is 0 Å². The highest BCUT2D eigenvalue weighted by molar-refractivity contribution is 5.89. The standard InChI is InChI=1S/C12H13NO/c1-14-11-4-2-3-9-10(8-5-6-8)7-13-12(9)11/h2-4,7-8,13H,5-6H2,1H3. The molecule has 0 radical (unpaired) electrons. The highest BCUT2D eigenvalue weighted by Gasteiger charge is 2.26. The van der Waals surface area contributed by atoms with Crippen molar-refractivity contribution in [2.75, 3.05) is 7.11 Å². The van der Waals surface area contributed by atoms with Gasteiger partial charge < -0.3 is 9.72 Å². The Morgan fingerprint density at radius 3 is 2.93 bits per heavy atom. The Morgan fingerprint density at radius 1 is 1.36 bits per heavy atom. The lowest BCUT2D eigenvalue weighted by atomic mass is 10.1. The minimum atomic E-state index is 0.788. The lowest BCUT2D eigenvalue weighted by Gasteiger charge is -2.01. The minimum Gasteiger partial charge on any atom is -0.495 e. The van der Waals surface area contributed by atoms with E-state index < -0.39 is 0 Å². The topological polar surface area (TPSA) is 25.0 Å². The summed E-state index contributed by atoms with van der Waals surface area (Å²) in [5.74, 6) is 1.73. The van der Waals surface area contributed by atoms with Crippen LogP contribution in [0.5, 0.6) is 5.75 Å². The number of benzene rings is 1. The lowest BCUT2D eigenvalue weighted by molar-refractivity contribution is 0.419. The summed E-state index contributed by atoms with van der Waals surface area (Å²) < 4.78 is 5.31. The van der Waals surface area contributed by atoms with Crippen molar-refractivity contribution in [2.24, 2.45) is 0 Å². The molecule has 0 spiro atoms. The van der Waals surface area contributed by atoms with Crippen molar-refractivity contribution < 1.29 is 4.74 Å². The van der Waals surface area contributed by atoms with Crippen LogP contribution in [0.2, 0.25) is 0 Å². The summed E-state index contributed by atoms with van der Waals surface area (Å²) in [5, 5.41) is 1.33. The SMILES string of the molecule is COc1cccc2c(C3CC3)c[nH]c12. The first kappa shape index (κ1) is 7.92. The van der Waals surface area contributed by atoms with Gasteiger partial charge in [0.1, 0.15) is 5.75 Å². The van der Waals surface area contributed by atoms with Crippen LogP contribution in [0.1, 0.15) is 24.3 Å². The molecule has 0 saturated heterocycles. The smallest absolute Gasteiger partial charge is 0.142 e. The number of nitrogens with one attached hydrogen (secondary N) is 1. The number of ether oxygens (including phenoxy) is 1. The van der Waals surface area contributed by atoms with E-state index in [2.05, 4.69) is 23.3 Å². The van der Waals surface area contributed by atoms with E-state index in [9.17, 15) is 0 Å². The van der Waals surface area contributed by atoms with Crippen LogP contribution in [0, 0.1) is 0 Å². The van der Waals surface area contributed by atoms with Crippen LogP contribution in [-0.4, -0.2) is 12.1 Å². The Bertz CT molecular complexity index is 468. The molecule has 14 heavy (non-hydrogen) atoms. The Morgan fingerprint density at radius 2 is 2.21 bits per heavy atom. The Kier molecular flexibility index (Phi) is 1.57. The number of methoxy groups -OCH3 is 1. The molecule has 1 saturated carbocycles. The molecule has 1 N–H and O–H groups in total. The zero-order valence-electron chi connectivity index (χ0n) is 8.21. The van der Waals surface area contributed by atoms with Crippen LogP contribution in [0.25, 0.3) is 10.9 Å². The minimum absolute atomic E-state index is 0.788. The van der Waals surface area contributed by atoms with Gasteiger partial charge in [-0.05, 0) is 30.4 Å². The number of aromatic amines is 1. The summed E-state index contributed by atoms with van der Waals surface area (Å²) in [5.41, 5.74) is 2.59. The molecule has 1 aromatic heterocycles. The second kappa shape index (κ2) is 2.77. The van der Waals surface area contributed by atoms with Gasteiger partial charge in [-0.2, -0.15) is 0 Å². The molecule has 0 aliphatic heterocycles. The van der Waals surface area contributed by atoms with E-state index in [1.165, 1.54) is 23.8 Å². The quantitative estimate of drug-likeness (QED) is 0.768. The average Bonchev–Trinajstić information content (AvgIpc) is 2.97. The number of fused-ring (bicyclic) bond motifs is 1. The maximum absolute atomic E-state index is 5.31. The summed E-state index contributed by atoms with van der Waals surface area (Å²) in [4.78, 5) is 3.30. The summed E-state index contributed by atoms with van der Waals surface area (Å²) in [6.07, 6.45) is 4.80. The van der Waals surface area contributed by atoms with Gasteiger partial charge >= 0.3 is 0 Å². The van der Waals surface area contributed by atoms with Crippen molar-refractivity contribution in [3.05, 3.63) is 30.0 Å². The first-order chi connectivity index (χ1) is 6.90. The highest BCUT2D eigenvalue weighted by Crippen LogP contribution is 2.44. The van der Waals surface area contributed by atoms with E-state index >= 15 is 0 Å². The fraction of sp³-hybridized carbons (Fsp3) is 0.333. The highest BCUT2D eigenvalue weighted by atomic mass is 16.5. The molecular weight excluding hydrogens is 174 g/mol. The zero-order chi connectivity index (χ0) is 9.54. The molecule has 2 nitrogen and oxygen atoms in total. The largest absolute Gasteiger partial charge is 0.495 e. The molecule has 1 fully saturated rings. The molecule has 0 amide bonds. The van der Waals surface area contributed by atoms with Gasteiger partial charge in [-0.25, -0.2) is 0 Å². The molecule has 2 heteroatoms. The Balaban J connectivity index is 2.25. The van der Waals surface area contributed by atoms with Crippen molar-refractivity contribution in [2.45, 2.75) is 18.8 Å². The third kappa shape index (κ3) is 1.03. The van der Waals surface area contributed by atoms with Gasteiger partial charge in [-0.1, -0.05) is 12.1 Å². The molecule has 0 bridgehead atoms. The van der Waals surface area contributed by atoms with Crippen LogP contribution < -0.4 is 4.74 Å². The molecule has 1 aliphatic rings. The maximum Gasteiger partial charge on any atom is 0.142 e. The molecular formula is C12H13NO. The van der Waals surface area contributed by atoms with E-state index in [4.69, 9.17) is 4.74 Å². The van der Waals surface area contributed by atoms with Gasteiger partial charge in [-0.3, -0.25) is 0 Å². The van der Waals surface area contributed by atoms with Crippen molar-refractivity contribution in [1.82, 2.24) is 4.98 Å². The molecule has 1 heterocycles. The predicted molar refractivity (Wildman–Crippen MR) is 56.8 cm³/mol. The summed E-state index contributed by atoms with van der Waals surface area (Å²) in [6, 6.07) is 6.22. The summed E-state index contributed by atoms with van der Waals surface area (Å²) in [7, 11) is 1.71. The van der Waals surface area contributed by atoms with E-state index in [1.54, 1.807) is 7.11 Å². The number of hydrogen-bond donors (Lipinski definition) is 1. The first-order valence-electron chi connectivity index (χ1n) is 5.04. The van der Waals surface area contributed by atoms with Gasteiger partial charge in [0.2, 0.25) is 0 Å². The second-order valence-corrected chi connectivity index (χ2v) is 3.90. The normalized spacial score (nSPS) is 16.1. The van der Waals surface area contributed by atoms with Crippen molar-refractivity contribution in [1.29, 1.82) is 0 Å².